The molecule has 1 N–H and O–H groups in total. The van der Waals surface area contributed by atoms with Gasteiger partial charge in [0.25, 0.3) is 0 Å². The van der Waals surface area contributed by atoms with Crippen molar-refractivity contribution in [2.24, 2.45) is 0 Å². The zero-order valence-electron chi connectivity index (χ0n) is 13.1. The Kier molecular flexibility index (Phi) is 5.23. The topological polar surface area (TPSA) is 30.5 Å². The molecule has 0 amide bonds. The average Bonchev–Trinajstić information content (AvgIpc) is 2.56. The Bertz CT molecular complexity index is 578. The monoisotopic (exact) mass is 285 g/mol. The lowest BCUT2D eigenvalue weighted by Crippen LogP contribution is -2.18. The molecule has 2 rings (SSSR count). The van der Waals surface area contributed by atoms with Gasteiger partial charge in [0.1, 0.15) is 11.5 Å². The van der Waals surface area contributed by atoms with Crippen LogP contribution in [0.1, 0.15) is 29.7 Å². The van der Waals surface area contributed by atoms with Gasteiger partial charge in [-0.1, -0.05) is 31.2 Å². The predicted molar refractivity (Wildman–Crippen MR) is 86.3 cm³/mol. The summed E-state index contributed by atoms with van der Waals surface area (Å²) in [6, 6.07) is 14.7. The number of nitrogens with one attached hydrogen (secondary N) is 1. The second kappa shape index (κ2) is 7.14. The van der Waals surface area contributed by atoms with Gasteiger partial charge in [-0.25, -0.2) is 0 Å². The van der Waals surface area contributed by atoms with Gasteiger partial charge in [0.05, 0.1) is 20.3 Å². The van der Waals surface area contributed by atoms with Gasteiger partial charge >= 0.3 is 0 Å². The summed E-state index contributed by atoms with van der Waals surface area (Å²) in [5.41, 5.74) is 3.67. The molecular weight excluding hydrogens is 262 g/mol. The van der Waals surface area contributed by atoms with Gasteiger partial charge in [-0.3, -0.25) is 0 Å². The smallest absolute Gasteiger partial charge is 0.127 e. The Balaban J connectivity index is 2.40. The maximum atomic E-state index is 5.52. The summed E-state index contributed by atoms with van der Waals surface area (Å²) in [4.78, 5) is 0. The molecule has 0 saturated heterocycles. The van der Waals surface area contributed by atoms with Crippen molar-refractivity contribution in [1.29, 1.82) is 0 Å². The number of methoxy groups -OCH3 is 2. The largest absolute Gasteiger partial charge is 0.497 e. The third-order valence-electron chi connectivity index (χ3n) is 3.76. The number of benzene rings is 2. The molecule has 0 bridgehead atoms. The van der Waals surface area contributed by atoms with Crippen LogP contribution in [-0.4, -0.2) is 21.3 Å². The highest BCUT2D eigenvalue weighted by Crippen LogP contribution is 2.32. The Labute approximate surface area is 126 Å². The normalized spacial score (nSPS) is 12.0. The molecular formula is C18H23NO2. The summed E-state index contributed by atoms with van der Waals surface area (Å²) in [7, 11) is 5.31. The van der Waals surface area contributed by atoms with Crippen LogP contribution in [-0.2, 0) is 6.42 Å². The van der Waals surface area contributed by atoms with Crippen molar-refractivity contribution < 1.29 is 9.47 Å². The number of hydrogen-bond donors (Lipinski definition) is 1. The average molecular weight is 285 g/mol. The first-order valence-electron chi connectivity index (χ1n) is 7.21. The quantitative estimate of drug-likeness (QED) is 0.880. The van der Waals surface area contributed by atoms with Crippen LogP contribution < -0.4 is 14.8 Å². The van der Waals surface area contributed by atoms with Crippen LogP contribution in [0.15, 0.2) is 42.5 Å². The van der Waals surface area contributed by atoms with E-state index in [-0.39, 0.29) is 6.04 Å². The van der Waals surface area contributed by atoms with E-state index in [0.717, 1.165) is 23.5 Å². The summed E-state index contributed by atoms with van der Waals surface area (Å²) >= 11 is 0. The van der Waals surface area contributed by atoms with Crippen molar-refractivity contribution >= 4 is 0 Å². The van der Waals surface area contributed by atoms with Crippen LogP contribution >= 0.6 is 0 Å². The molecule has 0 aliphatic rings. The van der Waals surface area contributed by atoms with Crippen molar-refractivity contribution in [3.8, 4) is 11.5 Å². The number of ether oxygens (including phenoxy) is 2. The molecule has 0 spiro atoms. The van der Waals surface area contributed by atoms with Gasteiger partial charge in [0, 0.05) is 11.6 Å². The SMILES string of the molecule is CCc1ccc(C(NC)c2ccc(OC)cc2OC)cc1. The molecule has 0 aliphatic carbocycles. The van der Waals surface area contributed by atoms with E-state index >= 15 is 0 Å². The lowest BCUT2D eigenvalue weighted by molar-refractivity contribution is 0.388. The maximum absolute atomic E-state index is 5.52. The maximum Gasteiger partial charge on any atom is 0.127 e. The van der Waals surface area contributed by atoms with Gasteiger partial charge in [0.2, 0.25) is 0 Å². The minimum atomic E-state index is 0.0942. The minimum Gasteiger partial charge on any atom is -0.497 e. The Morgan fingerprint density at radius 1 is 1.00 bits per heavy atom. The summed E-state index contributed by atoms with van der Waals surface area (Å²) in [6.45, 7) is 2.16. The molecule has 0 saturated carbocycles. The predicted octanol–water partition coefficient (Wildman–Crippen LogP) is 3.58. The van der Waals surface area contributed by atoms with Crippen LogP contribution in [0.2, 0.25) is 0 Å². The van der Waals surface area contributed by atoms with E-state index in [0.29, 0.717) is 0 Å². The first-order chi connectivity index (χ1) is 10.2. The lowest BCUT2D eigenvalue weighted by Gasteiger charge is -2.20. The molecule has 21 heavy (non-hydrogen) atoms. The van der Waals surface area contributed by atoms with Crippen molar-refractivity contribution in [2.45, 2.75) is 19.4 Å². The van der Waals surface area contributed by atoms with Gasteiger partial charge in [-0.05, 0) is 36.7 Å². The zero-order valence-corrected chi connectivity index (χ0v) is 13.1. The van der Waals surface area contributed by atoms with E-state index in [1.807, 2.05) is 25.2 Å². The van der Waals surface area contributed by atoms with Crippen LogP contribution in [0.3, 0.4) is 0 Å². The summed E-state index contributed by atoms with van der Waals surface area (Å²) in [5.74, 6) is 1.63. The lowest BCUT2D eigenvalue weighted by atomic mass is 9.96. The molecule has 0 radical (unpaired) electrons. The molecule has 1 atom stereocenters. The first kappa shape index (κ1) is 15.4. The standard InChI is InChI=1S/C18H23NO2/c1-5-13-6-8-14(9-7-13)18(19-2)16-11-10-15(20-3)12-17(16)21-4/h6-12,18-19H,5H2,1-4H3. The van der Waals surface area contributed by atoms with Gasteiger partial charge < -0.3 is 14.8 Å². The summed E-state index contributed by atoms with van der Waals surface area (Å²) in [5, 5.41) is 3.36. The van der Waals surface area contributed by atoms with E-state index in [2.05, 4.69) is 36.5 Å². The molecule has 3 heteroatoms. The van der Waals surface area contributed by atoms with Crippen LogP contribution in [0.25, 0.3) is 0 Å². The molecule has 1 unspecified atom stereocenters. The molecule has 2 aromatic rings. The summed E-state index contributed by atoms with van der Waals surface area (Å²) in [6.07, 6.45) is 1.05. The Morgan fingerprint density at radius 3 is 2.24 bits per heavy atom. The molecule has 3 nitrogen and oxygen atoms in total. The molecule has 0 aromatic heterocycles. The number of aryl methyl sites for hydroxylation is 1. The fourth-order valence-electron chi connectivity index (χ4n) is 2.50. The fraction of sp³-hybridized carbons (Fsp3) is 0.333. The molecule has 0 fully saturated rings. The van der Waals surface area contributed by atoms with Gasteiger partial charge in [-0.2, -0.15) is 0 Å². The fourth-order valence-corrected chi connectivity index (χ4v) is 2.50. The van der Waals surface area contributed by atoms with E-state index in [1.165, 1.54) is 11.1 Å². The minimum absolute atomic E-state index is 0.0942. The molecule has 0 aliphatic heterocycles. The second-order valence-electron chi connectivity index (χ2n) is 4.92. The summed E-state index contributed by atoms with van der Waals surface area (Å²) < 4.78 is 10.8. The molecule has 112 valence electrons. The Hall–Kier alpha value is -2.00. The third-order valence-corrected chi connectivity index (χ3v) is 3.76. The highest BCUT2D eigenvalue weighted by atomic mass is 16.5. The van der Waals surface area contributed by atoms with Crippen LogP contribution in [0.5, 0.6) is 11.5 Å². The zero-order chi connectivity index (χ0) is 15.2. The van der Waals surface area contributed by atoms with E-state index < -0.39 is 0 Å². The van der Waals surface area contributed by atoms with E-state index in [9.17, 15) is 0 Å². The van der Waals surface area contributed by atoms with Crippen molar-refractivity contribution in [3.05, 3.63) is 59.2 Å². The number of rotatable bonds is 6. The molecule has 2 aromatic carbocycles. The first-order valence-corrected chi connectivity index (χ1v) is 7.21. The van der Waals surface area contributed by atoms with Gasteiger partial charge in [0.15, 0.2) is 0 Å². The van der Waals surface area contributed by atoms with Crippen molar-refractivity contribution in [1.82, 2.24) is 5.32 Å². The highest BCUT2D eigenvalue weighted by molar-refractivity contribution is 5.46. The van der Waals surface area contributed by atoms with Crippen molar-refractivity contribution in [2.75, 3.05) is 21.3 Å². The Morgan fingerprint density at radius 2 is 1.71 bits per heavy atom. The number of hydrogen-bond acceptors (Lipinski definition) is 3. The third kappa shape index (κ3) is 3.37. The van der Waals surface area contributed by atoms with Crippen LogP contribution in [0, 0.1) is 0 Å². The van der Waals surface area contributed by atoms with E-state index in [1.54, 1.807) is 14.2 Å². The van der Waals surface area contributed by atoms with Crippen molar-refractivity contribution in [3.63, 3.8) is 0 Å². The van der Waals surface area contributed by atoms with Gasteiger partial charge in [-0.15, -0.1) is 0 Å². The molecule has 0 heterocycles. The second-order valence-corrected chi connectivity index (χ2v) is 4.92. The highest BCUT2D eigenvalue weighted by Gasteiger charge is 2.17. The van der Waals surface area contributed by atoms with Crippen LogP contribution in [0.4, 0.5) is 0 Å². The van der Waals surface area contributed by atoms with E-state index in [4.69, 9.17) is 9.47 Å².